The van der Waals surface area contributed by atoms with Gasteiger partial charge in [-0.25, -0.2) is 23.7 Å². The van der Waals surface area contributed by atoms with Gasteiger partial charge in [0.25, 0.3) is 0 Å². The first-order valence-electron chi connectivity index (χ1n) is 7.36. The monoisotopic (exact) mass is 358 g/mol. The molecule has 0 saturated heterocycles. The predicted molar refractivity (Wildman–Crippen MR) is 90.6 cm³/mol. The lowest BCUT2D eigenvalue weighted by atomic mass is 10.2. The number of nitro groups is 1. The van der Waals surface area contributed by atoms with Crippen molar-refractivity contribution in [3.63, 3.8) is 0 Å². The Morgan fingerprint density at radius 3 is 2.46 bits per heavy atom. The van der Waals surface area contributed by atoms with Crippen molar-refractivity contribution in [1.82, 2.24) is 15.0 Å². The van der Waals surface area contributed by atoms with Gasteiger partial charge in [0.15, 0.2) is 0 Å². The molecular formula is C16H12F2N6O2. The molecule has 8 nitrogen and oxygen atoms in total. The van der Waals surface area contributed by atoms with Crippen molar-refractivity contribution in [3.8, 4) is 0 Å². The van der Waals surface area contributed by atoms with Crippen molar-refractivity contribution in [2.75, 3.05) is 10.6 Å². The summed E-state index contributed by atoms with van der Waals surface area (Å²) in [7, 11) is 0. The highest BCUT2D eigenvalue weighted by Gasteiger charge is 2.24. The molecule has 0 unspecified atom stereocenters. The Balaban J connectivity index is 2.03. The number of pyridine rings is 1. The Labute approximate surface area is 146 Å². The second-order valence-electron chi connectivity index (χ2n) is 5.22. The summed E-state index contributed by atoms with van der Waals surface area (Å²) in [4.78, 5) is 22.5. The normalized spacial score (nSPS) is 10.4. The Hall–Kier alpha value is -3.69. The van der Waals surface area contributed by atoms with Crippen LogP contribution in [0, 0.1) is 28.7 Å². The van der Waals surface area contributed by atoms with E-state index in [0.29, 0.717) is 5.82 Å². The topological polar surface area (TPSA) is 106 Å². The summed E-state index contributed by atoms with van der Waals surface area (Å²) in [6, 6.07) is 6.20. The Bertz CT molecular complexity index is 983. The molecule has 2 N–H and O–H groups in total. The molecule has 0 aliphatic carbocycles. The number of anilines is 4. The van der Waals surface area contributed by atoms with E-state index in [2.05, 4.69) is 25.6 Å². The fourth-order valence-corrected chi connectivity index (χ4v) is 2.18. The van der Waals surface area contributed by atoms with Gasteiger partial charge in [0.1, 0.15) is 23.8 Å². The molecule has 3 rings (SSSR count). The number of nitrogens with zero attached hydrogens (tertiary/aromatic N) is 4. The van der Waals surface area contributed by atoms with Gasteiger partial charge < -0.3 is 10.6 Å². The summed E-state index contributed by atoms with van der Waals surface area (Å²) in [6.07, 6.45) is 2.58. The molecule has 0 atom stereocenters. The van der Waals surface area contributed by atoms with Crippen molar-refractivity contribution in [1.29, 1.82) is 0 Å². The number of aryl methyl sites for hydroxylation is 1. The third kappa shape index (κ3) is 3.53. The summed E-state index contributed by atoms with van der Waals surface area (Å²) >= 11 is 0. The predicted octanol–water partition coefficient (Wildman–Crippen LogP) is 3.85. The quantitative estimate of drug-likeness (QED) is 0.527. The second kappa shape index (κ2) is 7.05. The highest BCUT2D eigenvalue weighted by Crippen LogP contribution is 2.33. The first kappa shape index (κ1) is 17.1. The van der Waals surface area contributed by atoms with Crippen molar-refractivity contribution < 1.29 is 13.7 Å². The van der Waals surface area contributed by atoms with Crippen LogP contribution in [0.25, 0.3) is 0 Å². The molecule has 0 spiro atoms. The molecule has 2 aromatic heterocycles. The molecule has 1 aromatic carbocycles. The minimum atomic E-state index is -0.783. The lowest BCUT2D eigenvalue weighted by molar-refractivity contribution is -0.383. The van der Waals surface area contributed by atoms with E-state index in [0.717, 1.165) is 30.1 Å². The highest BCUT2D eigenvalue weighted by atomic mass is 19.1. The molecule has 0 aliphatic heterocycles. The van der Waals surface area contributed by atoms with E-state index in [-0.39, 0.29) is 17.3 Å². The van der Waals surface area contributed by atoms with Gasteiger partial charge in [0, 0.05) is 12.3 Å². The van der Waals surface area contributed by atoms with E-state index < -0.39 is 22.2 Å². The Morgan fingerprint density at radius 1 is 1.04 bits per heavy atom. The van der Waals surface area contributed by atoms with Crippen LogP contribution < -0.4 is 10.6 Å². The molecule has 2 heterocycles. The zero-order chi connectivity index (χ0) is 18.7. The minimum absolute atomic E-state index is 0.133. The van der Waals surface area contributed by atoms with E-state index in [4.69, 9.17) is 0 Å². The standard InChI is InChI=1S/C16H12F2N6O2/c1-9-3-2-6-19-14(9)23-16-13(24(25)26)15(20-8-21-16)22-12-7-10(17)4-5-11(12)18/h2-8H,1H3,(H2,19,20,21,22,23). The summed E-state index contributed by atoms with van der Waals surface area (Å²) in [6.45, 7) is 1.77. The average molecular weight is 358 g/mol. The number of nitrogens with one attached hydrogen (secondary N) is 2. The van der Waals surface area contributed by atoms with Crippen LogP contribution in [0.2, 0.25) is 0 Å². The third-order valence-electron chi connectivity index (χ3n) is 3.43. The van der Waals surface area contributed by atoms with Crippen molar-refractivity contribution in [2.45, 2.75) is 6.92 Å². The second-order valence-corrected chi connectivity index (χ2v) is 5.22. The smallest absolute Gasteiger partial charge is 0.332 e. The number of hydrogen-bond donors (Lipinski definition) is 2. The zero-order valence-corrected chi connectivity index (χ0v) is 13.4. The van der Waals surface area contributed by atoms with Gasteiger partial charge in [-0.05, 0) is 30.7 Å². The van der Waals surface area contributed by atoms with Gasteiger partial charge in [0.05, 0.1) is 10.6 Å². The molecule has 132 valence electrons. The number of benzene rings is 1. The van der Waals surface area contributed by atoms with E-state index in [1.54, 1.807) is 19.1 Å². The lowest BCUT2D eigenvalue weighted by Gasteiger charge is -2.11. The molecular weight excluding hydrogens is 346 g/mol. The van der Waals surface area contributed by atoms with Gasteiger partial charge in [-0.15, -0.1) is 0 Å². The number of halogens is 2. The van der Waals surface area contributed by atoms with Crippen LogP contribution in [0.3, 0.4) is 0 Å². The van der Waals surface area contributed by atoms with E-state index in [1.165, 1.54) is 6.20 Å². The maximum atomic E-state index is 13.8. The largest absolute Gasteiger partial charge is 0.353 e. The third-order valence-corrected chi connectivity index (χ3v) is 3.43. The molecule has 0 amide bonds. The minimum Gasteiger partial charge on any atom is -0.332 e. The van der Waals surface area contributed by atoms with Crippen molar-refractivity contribution in [2.24, 2.45) is 0 Å². The molecule has 0 radical (unpaired) electrons. The summed E-state index contributed by atoms with van der Waals surface area (Å²) < 4.78 is 27.1. The van der Waals surface area contributed by atoms with Gasteiger partial charge in [0.2, 0.25) is 11.6 Å². The fourth-order valence-electron chi connectivity index (χ4n) is 2.18. The van der Waals surface area contributed by atoms with Gasteiger partial charge >= 0.3 is 5.69 Å². The van der Waals surface area contributed by atoms with Crippen LogP contribution in [0.5, 0.6) is 0 Å². The number of hydrogen-bond acceptors (Lipinski definition) is 7. The maximum absolute atomic E-state index is 13.8. The van der Waals surface area contributed by atoms with Crippen LogP contribution in [0.1, 0.15) is 5.56 Å². The molecule has 0 bridgehead atoms. The summed E-state index contributed by atoms with van der Waals surface area (Å²) in [5, 5.41) is 16.7. The first-order chi connectivity index (χ1) is 12.5. The number of rotatable bonds is 5. The van der Waals surface area contributed by atoms with Crippen molar-refractivity contribution in [3.05, 3.63) is 70.2 Å². The van der Waals surface area contributed by atoms with Gasteiger partial charge in [-0.1, -0.05) is 6.07 Å². The van der Waals surface area contributed by atoms with Crippen LogP contribution in [0.15, 0.2) is 42.9 Å². The molecule has 3 aromatic rings. The molecule has 0 saturated carbocycles. The van der Waals surface area contributed by atoms with Crippen molar-refractivity contribution >= 4 is 28.8 Å². The van der Waals surface area contributed by atoms with Crippen LogP contribution >= 0.6 is 0 Å². The van der Waals surface area contributed by atoms with Crippen LogP contribution in [0.4, 0.5) is 37.6 Å². The van der Waals surface area contributed by atoms with Gasteiger partial charge in [-0.3, -0.25) is 10.1 Å². The summed E-state index contributed by atoms with van der Waals surface area (Å²) in [5.41, 5.74) is -0.0703. The Kier molecular flexibility index (Phi) is 4.65. The first-order valence-corrected chi connectivity index (χ1v) is 7.36. The average Bonchev–Trinajstić information content (AvgIpc) is 2.60. The van der Waals surface area contributed by atoms with E-state index >= 15 is 0 Å². The van der Waals surface area contributed by atoms with Crippen LogP contribution in [-0.4, -0.2) is 19.9 Å². The number of aromatic nitrogens is 3. The molecule has 10 heteroatoms. The molecule has 0 aliphatic rings. The maximum Gasteiger partial charge on any atom is 0.353 e. The molecule has 0 fully saturated rings. The highest BCUT2D eigenvalue weighted by molar-refractivity contribution is 5.76. The van der Waals surface area contributed by atoms with Crippen LogP contribution in [-0.2, 0) is 0 Å². The zero-order valence-electron chi connectivity index (χ0n) is 13.4. The lowest BCUT2D eigenvalue weighted by Crippen LogP contribution is -2.07. The molecule has 26 heavy (non-hydrogen) atoms. The SMILES string of the molecule is Cc1cccnc1Nc1ncnc(Nc2cc(F)ccc2F)c1[N+](=O)[O-]. The van der Waals surface area contributed by atoms with E-state index in [9.17, 15) is 18.9 Å². The summed E-state index contributed by atoms with van der Waals surface area (Å²) in [5.74, 6) is -1.53. The van der Waals surface area contributed by atoms with Gasteiger partial charge in [-0.2, -0.15) is 0 Å². The Morgan fingerprint density at radius 2 is 1.77 bits per heavy atom. The van der Waals surface area contributed by atoms with E-state index in [1.807, 2.05) is 0 Å². The fraction of sp³-hybridized carbons (Fsp3) is 0.0625.